The first-order valence-corrected chi connectivity index (χ1v) is 12.7. The van der Waals surface area contributed by atoms with Gasteiger partial charge in [-0.1, -0.05) is 13.8 Å². The number of aryl methyl sites for hydroxylation is 1. The molecule has 3 heterocycles. The van der Waals surface area contributed by atoms with E-state index >= 15 is 0 Å². The van der Waals surface area contributed by atoms with Crippen LogP contribution < -0.4 is 20.7 Å². The number of hydrogen-bond donors (Lipinski definition) is 1. The highest BCUT2D eigenvalue weighted by Gasteiger charge is 2.19. The molecule has 196 valence electrons. The van der Waals surface area contributed by atoms with Gasteiger partial charge < -0.3 is 14.5 Å². The molecular weight excluding hydrogens is 484 g/mol. The van der Waals surface area contributed by atoms with Crippen LogP contribution in [0.3, 0.4) is 0 Å². The minimum Gasteiger partial charge on any atom is -0.497 e. The van der Waals surface area contributed by atoms with Crippen LogP contribution in [0.4, 0.5) is 0 Å². The van der Waals surface area contributed by atoms with E-state index < -0.39 is 6.23 Å². The van der Waals surface area contributed by atoms with E-state index in [1.54, 1.807) is 24.2 Å². The number of benzene rings is 2. The van der Waals surface area contributed by atoms with Crippen molar-refractivity contribution in [1.29, 1.82) is 0 Å². The maximum Gasteiger partial charge on any atom is 0.332 e. The molecule has 10 nitrogen and oxygen atoms in total. The summed E-state index contributed by atoms with van der Waals surface area (Å²) in [7, 11) is 1.63. The summed E-state index contributed by atoms with van der Waals surface area (Å²) < 4.78 is 16.4. The number of ether oxygens (including phenoxy) is 2. The third-order valence-corrected chi connectivity index (χ3v) is 6.33. The highest BCUT2D eigenvalue weighted by atomic mass is 16.5. The van der Waals surface area contributed by atoms with E-state index in [0.717, 1.165) is 23.3 Å². The number of aromatic nitrogens is 6. The molecule has 2 aromatic carbocycles. The van der Waals surface area contributed by atoms with Crippen molar-refractivity contribution in [2.45, 2.75) is 46.0 Å². The van der Waals surface area contributed by atoms with E-state index in [1.165, 1.54) is 4.57 Å². The van der Waals surface area contributed by atoms with Gasteiger partial charge >= 0.3 is 5.69 Å². The van der Waals surface area contributed by atoms with Crippen molar-refractivity contribution in [2.75, 3.05) is 7.11 Å². The van der Waals surface area contributed by atoms with Crippen molar-refractivity contribution in [3.8, 4) is 22.9 Å². The fraction of sp³-hybridized carbons (Fsp3) is 0.286. The second kappa shape index (κ2) is 10.8. The van der Waals surface area contributed by atoms with Crippen LogP contribution >= 0.6 is 0 Å². The van der Waals surface area contributed by atoms with Crippen LogP contribution in [-0.2, 0) is 13.1 Å². The summed E-state index contributed by atoms with van der Waals surface area (Å²) in [5.74, 6) is 1.93. The molecule has 5 aromatic rings. The zero-order valence-electron chi connectivity index (χ0n) is 21.6. The normalized spacial score (nSPS) is 12.1. The second-order valence-corrected chi connectivity index (χ2v) is 8.95. The summed E-state index contributed by atoms with van der Waals surface area (Å²) in [6.07, 6.45) is 6.27. The number of nitrogens with zero attached hydrogens (tertiary/aromatic N) is 5. The van der Waals surface area contributed by atoms with Crippen LogP contribution in [0.15, 0.2) is 76.8 Å². The maximum atomic E-state index is 13.0. The summed E-state index contributed by atoms with van der Waals surface area (Å²) >= 11 is 0. The Hall–Kier alpha value is -4.60. The molecule has 0 radical (unpaired) electrons. The van der Waals surface area contributed by atoms with E-state index in [2.05, 4.69) is 15.0 Å². The third kappa shape index (κ3) is 4.72. The molecule has 0 aliphatic carbocycles. The lowest BCUT2D eigenvalue weighted by Crippen LogP contribution is -2.40. The molecule has 0 amide bonds. The molecule has 0 spiro atoms. The Bertz CT molecular complexity index is 1630. The fourth-order valence-electron chi connectivity index (χ4n) is 4.45. The van der Waals surface area contributed by atoms with Crippen molar-refractivity contribution < 1.29 is 9.47 Å². The van der Waals surface area contributed by atoms with Gasteiger partial charge in [0.05, 0.1) is 13.4 Å². The molecule has 0 saturated heterocycles. The van der Waals surface area contributed by atoms with Gasteiger partial charge in [-0.2, -0.15) is 0 Å². The van der Waals surface area contributed by atoms with Crippen LogP contribution in [0.1, 0.15) is 38.5 Å². The Morgan fingerprint density at radius 2 is 1.61 bits per heavy atom. The predicted molar refractivity (Wildman–Crippen MR) is 145 cm³/mol. The first-order chi connectivity index (χ1) is 18.5. The molecule has 1 N–H and O–H groups in total. The fourth-order valence-corrected chi connectivity index (χ4v) is 4.45. The quantitative estimate of drug-likeness (QED) is 0.299. The number of hydrogen-bond acceptors (Lipinski definition) is 6. The van der Waals surface area contributed by atoms with E-state index in [4.69, 9.17) is 9.47 Å². The van der Waals surface area contributed by atoms with Gasteiger partial charge in [-0.25, -0.2) is 14.8 Å². The largest absolute Gasteiger partial charge is 0.497 e. The van der Waals surface area contributed by atoms with Gasteiger partial charge in [0.25, 0.3) is 5.56 Å². The van der Waals surface area contributed by atoms with Crippen molar-refractivity contribution in [3.63, 3.8) is 0 Å². The van der Waals surface area contributed by atoms with Gasteiger partial charge in [0, 0.05) is 36.6 Å². The van der Waals surface area contributed by atoms with E-state index in [1.807, 2.05) is 73.1 Å². The number of nitrogens with one attached hydrogen (secondary N) is 1. The Kier molecular flexibility index (Phi) is 7.12. The lowest BCUT2D eigenvalue weighted by molar-refractivity contribution is 0.173. The molecule has 3 aromatic heterocycles. The Balaban J connectivity index is 1.47. The molecule has 0 bridgehead atoms. The van der Waals surface area contributed by atoms with Crippen LogP contribution in [0.25, 0.3) is 22.6 Å². The highest BCUT2D eigenvalue weighted by molar-refractivity contribution is 5.75. The summed E-state index contributed by atoms with van der Waals surface area (Å²) in [6, 6.07) is 15.1. The average Bonchev–Trinajstić information content (AvgIpc) is 3.64. The Morgan fingerprint density at radius 3 is 2.24 bits per heavy atom. The Morgan fingerprint density at radius 1 is 0.921 bits per heavy atom. The smallest absolute Gasteiger partial charge is 0.332 e. The van der Waals surface area contributed by atoms with Gasteiger partial charge in [0.15, 0.2) is 5.65 Å². The summed E-state index contributed by atoms with van der Waals surface area (Å²) in [4.78, 5) is 38.0. The SMILES string of the molecule is CCCn1c(=O)c2[nH]c(-c3ccc(OC(c4ccc(OC)cc4)n4ccnc4)cc3)nc2n(CCC)c1=O. The van der Waals surface area contributed by atoms with Gasteiger partial charge in [0.2, 0.25) is 6.23 Å². The lowest BCUT2D eigenvalue weighted by atomic mass is 10.1. The predicted octanol–water partition coefficient (Wildman–Crippen LogP) is 4.20. The van der Waals surface area contributed by atoms with Gasteiger partial charge in [0.1, 0.15) is 22.8 Å². The molecule has 0 saturated carbocycles. The first kappa shape index (κ1) is 25.1. The molecule has 0 aliphatic heterocycles. The molecule has 1 unspecified atom stereocenters. The average molecular weight is 515 g/mol. The van der Waals surface area contributed by atoms with E-state index in [0.29, 0.717) is 42.2 Å². The summed E-state index contributed by atoms with van der Waals surface area (Å²) in [5.41, 5.74) is 1.75. The number of imidazole rings is 2. The minimum absolute atomic E-state index is 0.322. The van der Waals surface area contributed by atoms with Crippen molar-refractivity contribution in [3.05, 3.63) is 93.7 Å². The number of rotatable bonds is 10. The molecule has 5 rings (SSSR count). The number of H-pyrrole nitrogens is 1. The standard InChI is InChI=1S/C28H30N6O4/c1-4-15-33-25-23(26(35)34(16-5-2)28(33)36)30-24(31-25)19-6-12-22(13-7-19)38-27(32-17-14-29-18-32)20-8-10-21(37-3)11-9-20/h6-14,17-18,27H,4-5,15-16H2,1-3H3,(H,30,31). The van der Waals surface area contributed by atoms with Crippen molar-refractivity contribution in [1.82, 2.24) is 28.7 Å². The lowest BCUT2D eigenvalue weighted by Gasteiger charge is -2.21. The van der Waals surface area contributed by atoms with Crippen LogP contribution in [0, 0.1) is 0 Å². The molecular formula is C28H30N6O4. The molecule has 10 heteroatoms. The molecule has 0 fully saturated rings. The molecule has 0 aliphatic rings. The van der Waals surface area contributed by atoms with Crippen LogP contribution in [0.2, 0.25) is 0 Å². The number of fused-ring (bicyclic) bond motifs is 1. The van der Waals surface area contributed by atoms with Crippen LogP contribution in [-0.4, -0.2) is 35.8 Å². The first-order valence-electron chi connectivity index (χ1n) is 12.7. The molecule has 1 atom stereocenters. The highest BCUT2D eigenvalue weighted by Crippen LogP contribution is 2.27. The monoisotopic (exact) mass is 514 g/mol. The van der Waals surface area contributed by atoms with Crippen LogP contribution in [0.5, 0.6) is 11.5 Å². The zero-order chi connectivity index (χ0) is 26.6. The second-order valence-electron chi connectivity index (χ2n) is 8.95. The van der Waals surface area contributed by atoms with E-state index in [-0.39, 0.29) is 11.2 Å². The van der Waals surface area contributed by atoms with Crippen molar-refractivity contribution in [2.24, 2.45) is 0 Å². The van der Waals surface area contributed by atoms with Crippen molar-refractivity contribution >= 4 is 11.2 Å². The third-order valence-electron chi connectivity index (χ3n) is 6.33. The van der Waals surface area contributed by atoms with E-state index in [9.17, 15) is 9.59 Å². The zero-order valence-corrected chi connectivity index (χ0v) is 21.6. The Labute approximate surface area is 219 Å². The summed E-state index contributed by atoms with van der Waals surface area (Å²) in [5, 5.41) is 0. The minimum atomic E-state index is -0.430. The topological polar surface area (TPSA) is 109 Å². The van der Waals surface area contributed by atoms with Gasteiger partial charge in [-0.15, -0.1) is 0 Å². The number of aromatic amines is 1. The van der Waals surface area contributed by atoms with Gasteiger partial charge in [-0.05, 0) is 61.4 Å². The maximum absolute atomic E-state index is 13.0. The molecule has 38 heavy (non-hydrogen) atoms. The summed E-state index contributed by atoms with van der Waals surface area (Å²) in [6.45, 7) is 4.78. The number of methoxy groups -OCH3 is 1. The van der Waals surface area contributed by atoms with Gasteiger partial charge in [-0.3, -0.25) is 18.5 Å².